The second-order valence-corrected chi connectivity index (χ2v) is 8.75. The minimum absolute atomic E-state index is 0.137. The van der Waals surface area contributed by atoms with Crippen LogP contribution >= 0.6 is 0 Å². The lowest BCUT2D eigenvalue weighted by molar-refractivity contribution is -0.327. The number of aryl methyl sites for hydroxylation is 1. The number of alkyl halides is 3. The second kappa shape index (κ2) is 8.39. The number of nitrogens with one attached hydrogen (secondary N) is 1. The highest BCUT2D eigenvalue weighted by atomic mass is 19.4. The van der Waals surface area contributed by atoms with Crippen molar-refractivity contribution in [1.82, 2.24) is 4.98 Å². The molecule has 2 aromatic carbocycles. The number of aromatic nitrogens is 1. The van der Waals surface area contributed by atoms with Gasteiger partial charge < -0.3 is 20.3 Å². The van der Waals surface area contributed by atoms with Crippen molar-refractivity contribution in [1.29, 1.82) is 0 Å². The van der Waals surface area contributed by atoms with Crippen LogP contribution in [0.1, 0.15) is 42.5 Å². The fourth-order valence-corrected chi connectivity index (χ4v) is 4.97. The average molecular weight is 478 g/mol. The van der Waals surface area contributed by atoms with Crippen molar-refractivity contribution in [3.05, 3.63) is 65.1 Å². The lowest BCUT2D eigenvalue weighted by Crippen LogP contribution is -2.66. The van der Waals surface area contributed by atoms with Crippen molar-refractivity contribution in [3.8, 4) is 5.75 Å². The Morgan fingerprint density at radius 3 is 2.53 bits per heavy atom. The first-order valence-corrected chi connectivity index (χ1v) is 11.0. The molecular weight excluding hydrogens is 452 g/mol. The van der Waals surface area contributed by atoms with Gasteiger partial charge >= 0.3 is 6.18 Å². The number of nitrogens with zero attached hydrogens (tertiary/aromatic N) is 1. The fraction of sp³-hybridized carbons (Fsp3) is 0.400. The zero-order valence-electron chi connectivity index (χ0n) is 19.0. The van der Waals surface area contributed by atoms with Crippen LogP contribution in [0, 0.1) is 12.7 Å². The van der Waals surface area contributed by atoms with Crippen LogP contribution in [0.2, 0.25) is 0 Å². The van der Waals surface area contributed by atoms with Crippen LogP contribution < -0.4 is 10.1 Å². The number of hydrogen-bond donors (Lipinski definition) is 3. The Balaban J connectivity index is 1.88. The Morgan fingerprint density at radius 2 is 1.88 bits per heavy atom. The molecule has 4 rings (SSSR count). The first-order valence-electron chi connectivity index (χ1n) is 11.0. The predicted molar refractivity (Wildman–Crippen MR) is 120 cm³/mol. The Kier molecular flexibility index (Phi) is 5.98. The minimum Gasteiger partial charge on any atom is -0.493 e. The Hall–Kier alpha value is -2.91. The zero-order valence-corrected chi connectivity index (χ0v) is 19.0. The summed E-state index contributed by atoms with van der Waals surface area (Å²) in [6, 6.07) is 10.7. The van der Waals surface area contributed by atoms with E-state index >= 15 is 0 Å². The molecule has 0 radical (unpaired) electrons. The van der Waals surface area contributed by atoms with E-state index in [2.05, 4.69) is 10.3 Å². The molecule has 0 fully saturated rings. The van der Waals surface area contributed by atoms with Gasteiger partial charge in [0.15, 0.2) is 17.2 Å². The summed E-state index contributed by atoms with van der Waals surface area (Å²) in [6.07, 6.45) is -5.81. The van der Waals surface area contributed by atoms with E-state index in [1.807, 2.05) is 6.92 Å². The summed E-state index contributed by atoms with van der Waals surface area (Å²) in [6.45, 7) is 2.78. The molecule has 1 aromatic heterocycles. The van der Waals surface area contributed by atoms with Gasteiger partial charge in [0.1, 0.15) is 5.60 Å². The van der Waals surface area contributed by atoms with E-state index in [1.165, 1.54) is 7.11 Å². The topological polar surface area (TPSA) is 74.6 Å². The molecule has 1 aliphatic carbocycles. The van der Waals surface area contributed by atoms with Crippen molar-refractivity contribution in [2.24, 2.45) is 0 Å². The Morgan fingerprint density at radius 1 is 1.15 bits per heavy atom. The number of rotatable bonds is 5. The molecule has 3 unspecified atom stereocenters. The van der Waals surface area contributed by atoms with Gasteiger partial charge in [-0.05, 0) is 61.6 Å². The molecular formula is C25H26F4N2O3. The Bertz CT molecular complexity index is 1230. The highest BCUT2D eigenvalue weighted by molar-refractivity contribution is 5.91. The first-order chi connectivity index (χ1) is 16.0. The number of benzene rings is 2. The van der Waals surface area contributed by atoms with E-state index in [9.17, 15) is 27.8 Å². The number of aliphatic hydroxyl groups is 2. The highest BCUT2D eigenvalue weighted by Gasteiger charge is 2.69. The summed E-state index contributed by atoms with van der Waals surface area (Å²) < 4.78 is 62.8. The lowest BCUT2D eigenvalue weighted by Gasteiger charge is -2.51. The van der Waals surface area contributed by atoms with E-state index in [0.717, 1.165) is 17.8 Å². The summed E-state index contributed by atoms with van der Waals surface area (Å²) in [5, 5.41) is 26.3. The van der Waals surface area contributed by atoms with Crippen LogP contribution in [-0.2, 0) is 5.60 Å². The monoisotopic (exact) mass is 478 g/mol. The summed E-state index contributed by atoms with van der Waals surface area (Å²) >= 11 is 0. The van der Waals surface area contributed by atoms with Gasteiger partial charge in [0.2, 0.25) is 0 Å². The summed E-state index contributed by atoms with van der Waals surface area (Å²) in [4.78, 5) is 4.42. The van der Waals surface area contributed by atoms with Gasteiger partial charge in [0, 0.05) is 22.3 Å². The molecule has 0 aliphatic heterocycles. The second-order valence-electron chi connectivity index (χ2n) is 8.75. The number of methoxy groups -OCH3 is 1. The smallest absolute Gasteiger partial charge is 0.420 e. The predicted octanol–water partition coefficient (Wildman–Crippen LogP) is 5.18. The molecule has 0 saturated heterocycles. The van der Waals surface area contributed by atoms with Crippen LogP contribution in [0.5, 0.6) is 5.75 Å². The molecule has 0 bridgehead atoms. The summed E-state index contributed by atoms with van der Waals surface area (Å²) in [5.41, 5.74) is -4.55. The van der Waals surface area contributed by atoms with Gasteiger partial charge in [0.25, 0.3) is 0 Å². The molecule has 0 saturated carbocycles. The molecule has 1 aliphatic rings. The molecule has 3 N–H and O–H groups in total. The minimum atomic E-state index is -5.16. The van der Waals surface area contributed by atoms with Crippen molar-refractivity contribution in [2.75, 3.05) is 19.0 Å². The van der Waals surface area contributed by atoms with Crippen LogP contribution in [0.15, 0.2) is 42.5 Å². The maximum Gasteiger partial charge on any atom is 0.420 e. The third-order valence-corrected chi connectivity index (χ3v) is 6.80. The number of fused-ring (bicyclic) bond motifs is 2. The number of anilines is 1. The van der Waals surface area contributed by atoms with Crippen molar-refractivity contribution < 1.29 is 32.5 Å². The van der Waals surface area contributed by atoms with Gasteiger partial charge in [-0.2, -0.15) is 13.2 Å². The normalized spacial score (nSPS) is 24.7. The average Bonchev–Trinajstić information content (AvgIpc) is 2.79. The molecule has 3 aromatic rings. The van der Waals surface area contributed by atoms with Crippen molar-refractivity contribution in [2.45, 2.75) is 50.0 Å². The van der Waals surface area contributed by atoms with Crippen molar-refractivity contribution >= 4 is 16.6 Å². The van der Waals surface area contributed by atoms with Gasteiger partial charge in [-0.15, -0.1) is 0 Å². The van der Waals surface area contributed by atoms with Crippen LogP contribution in [0.25, 0.3) is 10.9 Å². The molecule has 9 heteroatoms. The van der Waals surface area contributed by atoms with Crippen LogP contribution in [0.3, 0.4) is 0 Å². The number of halogens is 4. The Labute approximate surface area is 194 Å². The van der Waals surface area contributed by atoms with E-state index in [4.69, 9.17) is 4.74 Å². The third-order valence-electron chi connectivity index (χ3n) is 6.80. The lowest BCUT2D eigenvalue weighted by atomic mass is 9.63. The van der Waals surface area contributed by atoms with E-state index in [-0.39, 0.29) is 23.3 Å². The third kappa shape index (κ3) is 3.58. The SMILES string of the molecule is CCC1CC(O)(C(F)(F)F)C(O)(CNc2cccc3nc(C)ccc23)c2ccc(F)c(OC)c21. The molecule has 1 heterocycles. The van der Waals surface area contributed by atoms with Gasteiger partial charge in [-0.25, -0.2) is 4.39 Å². The summed E-state index contributed by atoms with van der Waals surface area (Å²) in [7, 11) is 1.22. The molecule has 0 spiro atoms. The zero-order chi connectivity index (χ0) is 24.9. The van der Waals surface area contributed by atoms with E-state index < -0.39 is 42.1 Å². The molecule has 34 heavy (non-hydrogen) atoms. The highest BCUT2D eigenvalue weighted by Crippen LogP contribution is 2.57. The largest absolute Gasteiger partial charge is 0.493 e. The van der Waals surface area contributed by atoms with E-state index in [1.54, 1.807) is 37.3 Å². The van der Waals surface area contributed by atoms with E-state index in [0.29, 0.717) is 16.6 Å². The van der Waals surface area contributed by atoms with Crippen LogP contribution in [0.4, 0.5) is 23.2 Å². The quantitative estimate of drug-likeness (QED) is 0.441. The molecule has 5 nitrogen and oxygen atoms in total. The maximum atomic E-state index is 14.5. The standard InChI is InChI=1S/C25H26F4N2O3/c1-4-15-12-24(33,25(27,28)29)23(32,17-10-11-18(26)22(34-3)21(15)17)13-30-19-6-5-7-20-16(19)9-8-14(2)31-20/h5-11,15,30,32-33H,4,12-13H2,1-3H3. The molecule has 3 atom stereocenters. The maximum absolute atomic E-state index is 14.5. The molecule has 0 amide bonds. The fourth-order valence-electron chi connectivity index (χ4n) is 4.97. The van der Waals surface area contributed by atoms with Crippen LogP contribution in [-0.4, -0.2) is 40.6 Å². The van der Waals surface area contributed by atoms with Gasteiger partial charge in [0.05, 0.1) is 19.2 Å². The molecule has 182 valence electrons. The first kappa shape index (κ1) is 24.2. The van der Waals surface area contributed by atoms with Gasteiger partial charge in [-0.3, -0.25) is 4.98 Å². The summed E-state index contributed by atoms with van der Waals surface area (Å²) in [5.74, 6) is -1.85. The number of pyridine rings is 1. The number of ether oxygens (including phenoxy) is 1. The van der Waals surface area contributed by atoms with Crippen molar-refractivity contribution in [3.63, 3.8) is 0 Å². The van der Waals surface area contributed by atoms with Gasteiger partial charge in [-0.1, -0.05) is 19.1 Å². The number of hydrogen-bond acceptors (Lipinski definition) is 5.